The van der Waals surface area contributed by atoms with Crippen LogP contribution in [0.5, 0.6) is 0 Å². The van der Waals surface area contributed by atoms with Crippen LogP contribution in [0.3, 0.4) is 0 Å². The first-order chi connectivity index (χ1) is 18.1. The molecule has 2 saturated carbocycles. The van der Waals surface area contributed by atoms with Crippen LogP contribution < -0.4 is 5.32 Å². The molecular formula is C23H28F2N6O6S. The highest BCUT2D eigenvalue weighted by atomic mass is 32.2. The van der Waals surface area contributed by atoms with E-state index in [2.05, 4.69) is 25.6 Å². The molecule has 0 bridgehead atoms. The molecule has 2 aliphatic rings. The molecule has 1 aromatic carbocycles. The number of rotatable bonds is 10. The number of fused-ring (bicyclic) bond motifs is 1. The molecular weight excluding hydrogens is 526 g/mol. The zero-order valence-corrected chi connectivity index (χ0v) is 21.2. The molecule has 12 nitrogen and oxygen atoms in total. The summed E-state index contributed by atoms with van der Waals surface area (Å²) >= 11 is 0. The van der Waals surface area contributed by atoms with E-state index in [1.165, 1.54) is 10.7 Å². The lowest BCUT2D eigenvalue weighted by atomic mass is 10.1. The van der Waals surface area contributed by atoms with Crippen LogP contribution >= 0.6 is 0 Å². The zero-order chi connectivity index (χ0) is 27.2. The molecule has 38 heavy (non-hydrogen) atoms. The number of ether oxygens (including phenoxy) is 1. The minimum absolute atomic E-state index is 0.0323. The van der Waals surface area contributed by atoms with Crippen molar-refractivity contribution in [3.63, 3.8) is 0 Å². The summed E-state index contributed by atoms with van der Waals surface area (Å²) in [4.78, 5) is 8.47. The first-order valence-corrected chi connectivity index (χ1v) is 14.0. The van der Waals surface area contributed by atoms with Crippen molar-refractivity contribution in [2.45, 2.75) is 67.7 Å². The van der Waals surface area contributed by atoms with Crippen molar-refractivity contribution in [3.8, 4) is 0 Å². The van der Waals surface area contributed by atoms with Crippen LogP contribution in [0.4, 0.5) is 14.6 Å². The van der Waals surface area contributed by atoms with E-state index in [-0.39, 0.29) is 54.3 Å². The molecule has 3 aromatic rings. The van der Waals surface area contributed by atoms with E-state index in [1.54, 1.807) is 6.92 Å². The van der Waals surface area contributed by atoms with Crippen LogP contribution in [0.25, 0.3) is 11.2 Å². The summed E-state index contributed by atoms with van der Waals surface area (Å²) < 4.78 is 59.6. The first-order valence-electron chi connectivity index (χ1n) is 12.3. The fraction of sp³-hybridized carbons (Fsp3) is 0.565. The third kappa shape index (κ3) is 4.96. The molecule has 0 spiro atoms. The molecule has 2 fully saturated rings. The van der Waals surface area contributed by atoms with Crippen molar-refractivity contribution in [3.05, 3.63) is 35.4 Å². The normalized spacial score (nSPS) is 27.2. The van der Waals surface area contributed by atoms with Gasteiger partial charge in [-0.15, -0.1) is 5.10 Å². The number of nitrogens with zero attached hydrogens (tertiary/aromatic N) is 5. The van der Waals surface area contributed by atoms with Gasteiger partial charge < -0.3 is 25.4 Å². The van der Waals surface area contributed by atoms with Crippen molar-refractivity contribution >= 4 is 26.8 Å². The second kappa shape index (κ2) is 10.4. The largest absolute Gasteiger partial charge is 0.394 e. The Morgan fingerprint density at radius 1 is 1.16 bits per heavy atom. The number of halogens is 2. The van der Waals surface area contributed by atoms with E-state index in [4.69, 9.17) is 9.84 Å². The Balaban J connectivity index is 1.50. The molecule has 0 radical (unpaired) electrons. The van der Waals surface area contributed by atoms with Crippen LogP contribution in [0.15, 0.2) is 23.4 Å². The van der Waals surface area contributed by atoms with Crippen LogP contribution in [-0.4, -0.2) is 92.0 Å². The Kier molecular flexibility index (Phi) is 7.30. The number of aliphatic hydroxyl groups excluding tert-OH is 3. The summed E-state index contributed by atoms with van der Waals surface area (Å²) in [6.45, 7) is 1.42. The molecule has 15 heteroatoms. The number of hydrogen-bond acceptors (Lipinski definition) is 11. The maximum atomic E-state index is 13.7. The highest BCUT2D eigenvalue weighted by Crippen LogP contribution is 2.44. The lowest BCUT2D eigenvalue weighted by Crippen LogP contribution is -2.33. The van der Waals surface area contributed by atoms with Crippen molar-refractivity contribution in [1.82, 2.24) is 25.0 Å². The van der Waals surface area contributed by atoms with Gasteiger partial charge in [0.1, 0.15) is 12.2 Å². The Bertz CT molecular complexity index is 1440. The molecule has 6 atom stereocenters. The molecule has 2 aliphatic carbocycles. The highest BCUT2D eigenvalue weighted by molar-refractivity contribution is 7.91. The van der Waals surface area contributed by atoms with Gasteiger partial charge in [-0.3, -0.25) is 0 Å². The summed E-state index contributed by atoms with van der Waals surface area (Å²) in [5.41, 5.74) is 0.783. The quantitative estimate of drug-likeness (QED) is 0.260. The standard InChI is InChI=1S/C23H28F2N6O6S/c1-2-7-38(35,36)23-27-21(26-15-9-12(15)11-3-4-13(24)14(25)8-11)18-22(28-23)31(30-29-18)16-10-17(37-6-5-32)20(34)19(16)33/h3-4,8,12,15-17,19-20,32-34H,2,5-7,9-10H2,1H3,(H,26,27,28). The molecule has 206 valence electrons. The van der Waals surface area contributed by atoms with Crippen molar-refractivity contribution in [2.24, 2.45) is 0 Å². The van der Waals surface area contributed by atoms with Crippen LogP contribution in [0.1, 0.15) is 43.7 Å². The Morgan fingerprint density at radius 2 is 1.95 bits per heavy atom. The number of sulfone groups is 1. The van der Waals surface area contributed by atoms with Crippen LogP contribution in [0.2, 0.25) is 0 Å². The Hall–Kier alpha value is -2.85. The highest BCUT2D eigenvalue weighted by Gasteiger charge is 2.45. The van der Waals surface area contributed by atoms with Gasteiger partial charge in [0.25, 0.3) is 5.16 Å². The SMILES string of the molecule is CCCS(=O)(=O)c1nc(NC2CC2c2ccc(F)c(F)c2)c2nnn(C3CC(OCCO)C(O)C3O)c2n1. The molecule has 2 heterocycles. The number of nitrogens with one attached hydrogen (secondary N) is 1. The molecule has 4 N–H and O–H groups in total. The number of benzene rings is 1. The van der Waals surface area contributed by atoms with Gasteiger partial charge in [0.15, 0.2) is 28.6 Å². The Labute approximate surface area is 216 Å². The average Bonchev–Trinajstić information content (AvgIpc) is 3.42. The van der Waals surface area contributed by atoms with Gasteiger partial charge in [-0.1, -0.05) is 18.2 Å². The summed E-state index contributed by atoms with van der Waals surface area (Å²) in [5.74, 6) is -2.14. The van der Waals surface area contributed by atoms with Gasteiger partial charge >= 0.3 is 0 Å². The maximum absolute atomic E-state index is 13.7. The van der Waals surface area contributed by atoms with E-state index in [0.717, 1.165) is 12.1 Å². The van der Waals surface area contributed by atoms with E-state index < -0.39 is 51.0 Å². The van der Waals surface area contributed by atoms with Crippen molar-refractivity contribution in [1.29, 1.82) is 0 Å². The number of aromatic nitrogens is 5. The minimum Gasteiger partial charge on any atom is -0.394 e. The lowest BCUT2D eigenvalue weighted by molar-refractivity contribution is -0.0629. The number of anilines is 1. The topological polar surface area (TPSA) is 173 Å². The van der Waals surface area contributed by atoms with Crippen molar-refractivity contribution < 1.29 is 37.3 Å². The molecule has 0 amide bonds. The fourth-order valence-corrected chi connectivity index (χ4v) is 6.03. The van der Waals surface area contributed by atoms with E-state index in [1.807, 2.05) is 0 Å². The number of hydrogen-bond donors (Lipinski definition) is 4. The van der Waals surface area contributed by atoms with Crippen molar-refractivity contribution in [2.75, 3.05) is 24.3 Å². The maximum Gasteiger partial charge on any atom is 0.251 e. The minimum atomic E-state index is -3.87. The van der Waals surface area contributed by atoms with Gasteiger partial charge in [-0.25, -0.2) is 21.9 Å². The molecule has 2 aromatic heterocycles. The van der Waals surface area contributed by atoms with Gasteiger partial charge in [0.05, 0.1) is 31.1 Å². The summed E-state index contributed by atoms with van der Waals surface area (Å²) in [7, 11) is -3.87. The fourth-order valence-electron chi connectivity index (χ4n) is 4.85. The Morgan fingerprint density at radius 3 is 2.66 bits per heavy atom. The smallest absolute Gasteiger partial charge is 0.251 e. The van der Waals surface area contributed by atoms with Gasteiger partial charge in [-0.05, 0) is 30.5 Å². The second-order valence-electron chi connectivity index (χ2n) is 9.56. The summed E-state index contributed by atoms with van der Waals surface area (Å²) in [6.07, 6.45) is -2.34. The zero-order valence-electron chi connectivity index (χ0n) is 20.4. The summed E-state index contributed by atoms with van der Waals surface area (Å²) in [5, 5.41) is 41.1. The lowest BCUT2D eigenvalue weighted by Gasteiger charge is -2.17. The molecule has 6 unspecified atom stereocenters. The van der Waals surface area contributed by atoms with Gasteiger partial charge in [0, 0.05) is 18.4 Å². The van der Waals surface area contributed by atoms with Gasteiger partial charge in [-0.2, -0.15) is 9.97 Å². The molecule has 5 rings (SSSR count). The monoisotopic (exact) mass is 554 g/mol. The third-order valence-electron chi connectivity index (χ3n) is 6.87. The second-order valence-corrected chi connectivity index (χ2v) is 11.6. The van der Waals surface area contributed by atoms with E-state index in [9.17, 15) is 27.4 Å². The first kappa shape index (κ1) is 26.7. The van der Waals surface area contributed by atoms with Crippen LogP contribution in [0, 0.1) is 11.6 Å². The molecule has 0 aliphatic heterocycles. The average molecular weight is 555 g/mol. The van der Waals surface area contributed by atoms with E-state index in [0.29, 0.717) is 18.4 Å². The van der Waals surface area contributed by atoms with Gasteiger partial charge in [0.2, 0.25) is 9.84 Å². The van der Waals surface area contributed by atoms with E-state index >= 15 is 0 Å². The predicted molar refractivity (Wildman–Crippen MR) is 129 cm³/mol. The van der Waals surface area contributed by atoms with Crippen LogP contribution in [-0.2, 0) is 14.6 Å². The number of aliphatic hydroxyl groups is 3. The molecule has 0 saturated heterocycles. The predicted octanol–water partition coefficient (Wildman–Crippen LogP) is 0.695. The third-order valence-corrected chi connectivity index (χ3v) is 8.56. The summed E-state index contributed by atoms with van der Waals surface area (Å²) in [6, 6.07) is 2.60.